The highest BCUT2D eigenvalue weighted by Gasteiger charge is 2.41. The molecule has 2 aromatic heterocycles. The van der Waals surface area contributed by atoms with Gasteiger partial charge in [-0.3, -0.25) is 9.62 Å². The second kappa shape index (κ2) is 8.83. The molecule has 0 fully saturated rings. The van der Waals surface area contributed by atoms with E-state index in [9.17, 15) is 13.2 Å². The largest absolute Gasteiger partial charge is 0.437 e. The van der Waals surface area contributed by atoms with Gasteiger partial charge in [-0.05, 0) is 38.1 Å². The SMILES string of the molecule is CNS(=O)(=O)Nc1nccc(CN2C(=O)Oc3cc(Oc4cccnn4)ccc3C2(C)C)c1F. The summed E-state index contributed by atoms with van der Waals surface area (Å²) in [7, 11) is -2.80. The highest BCUT2D eigenvalue weighted by atomic mass is 32.2. The molecule has 3 heterocycles. The Bertz CT molecular complexity index is 1340. The average Bonchev–Trinajstić information content (AvgIpc) is 2.79. The molecule has 3 aromatic rings. The van der Waals surface area contributed by atoms with E-state index in [0.29, 0.717) is 17.1 Å². The van der Waals surface area contributed by atoms with Crippen LogP contribution < -0.4 is 18.9 Å². The van der Waals surface area contributed by atoms with Gasteiger partial charge in [0, 0.05) is 42.7 Å². The number of carbonyl (C=O) groups excluding carboxylic acids is 1. The summed E-state index contributed by atoms with van der Waals surface area (Å²) in [5.41, 5.74) is -0.167. The number of nitrogens with one attached hydrogen (secondary N) is 2. The zero-order valence-corrected chi connectivity index (χ0v) is 19.3. The fraction of sp³-hybridized carbons (Fsp3) is 0.238. The van der Waals surface area contributed by atoms with Gasteiger partial charge in [0.25, 0.3) is 10.2 Å². The van der Waals surface area contributed by atoms with Crippen molar-refractivity contribution in [3.63, 3.8) is 0 Å². The van der Waals surface area contributed by atoms with Crippen LogP contribution in [0.5, 0.6) is 17.4 Å². The molecule has 1 aliphatic rings. The first-order chi connectivity index (χ1) is 16.1. The van der Waals surface area contributed by atoms with E-state index in [1.54, 1.807) is 44.2 Å². The van der Waals surface area contributed by atoms with E-state index in [1.165, 1.54) is 30.4 Å². The highest BCUT2D eigenvalue weighted by Crippen LogP contribution is 2.42. The number of aromatic nitrogens is 3. The summed E-state index contributed by atoms with van der Waals surface area (Å²) in [6.45, 7) is 3.39. The number of amides is 1. The van der Waals surface area contributed by atoms with Gasteiger partial charge < -0.3 is 9.47 Å². The molecule has 0 atom stereocenters. The minimum Gasteiger partial charge on any atom is -0.437 e. The van der Waals surface area contributed by atoms with Crippen molar-refractivity contribution in [2.24, 2.45) is 0 Å². The van der Waals surface area contributed by atoms with Crippen LogP contribution in [0.2, 0.25) is 0 Å². The third kappa shape index (κ3) is 4.61. The van der Waals surface area contributed by atoms with E-state index in [4.69, 9.17) is 9.47 Å². The maximum Gasteiger partial charge on any atom is 0.416 e. The standard InChI is InChI=1S/C21H21FN6O5S/c1-21(2)15-7-6-14(32-17-5-4-9-25-26-17)11-16(15)33-20(29)28(21)12-13-8-10-24-19(18(13)22)27-34(30,31)23-3/h4-11,23H,12H2,1-3H3,(H,24,27). The normalized spacial score (nSPS) is 14.8. The van der Waals surface area contributed by atoms with Crippen LogP contribution in [0.1, 0.15) is 25.0 Å². The van der Waals surface area contributed by atoms with E-state index in [0.717, 1.165) is 0 Å². The van der Waals surface area contributed by atoms with E-state index >= 15 is 4.39 Å². The van der Waals surface area contributed by atoms with Crippen molar-refractivity contribution in [3.8, 4) is 17.4 Å². The van der Waals surface area contributed by atoms with Crippen molar-refractivity contribution < 1.29 is 27.1 Å². The van der Waals surface area contributed by atoms with Gasteiger partial charge in [-0.25, -0.2) is 18.9 Å². The lowest BCUT2D eigenvalue weighted by molar-refractivity contribution is 0.0735. The first-order valence-corrected chi connectivity index (χ1v) is 11.5. The number of hydrogen-bond donors (Lipinski definition) is 2. The van der Waals surface area contributed by atoms with Crippen molar-refractivity contribution in [3.05, 3.63) is 65.7 Å². The summed E-state index contributed by atoms with van der Waals surface area (Å²) >= 11 is 0. The molecule has 0 saturated carbocycles. The molecule has 11 nitrogen and oxygen atoms in total. The van der Waals surface area contributed by atoms with Crippen LogP contribution in [0.15, 0.2) is 48.8 Å². The van der Waals surface area contributed by atoms with Gasteiger partial charge in [0.05, 0.1) is 12.1 Å². The molecule has 1 aliphatic heterocycles. The fourth-order valence-corrected chi connectivity index (χ4v) is 3.93. The molecule has 13 heteroatoms. The van der Waals surface area contributed by atoms with Gasteiger partial charge in [0.15, 0.2) is 11.6 Å². The molecule has 0 unspecified atom stereocenters. The lowest BCUT2D eigenvalue weighted by atomic mass is 9.89. The van der Waals surface area contributed by atoms with Gasteiger partial charge in [-0.15, -0.1) is 5.10 Å². The smallest absolute Gasteiger partial charge is 0.416 e. The Balaban J connectivity index is 1.61. The number of halogens is 1. The molecular weight excluding hydrogens is 467 g/mol. The third-order valence-corrected chi connectivity index (χ3v) is 6.27. The quantitative estimate of drug-likeness (QED) is 0.518. The number of rotatable bonds is 7. The minimum absolute atomic E-state index is 0.0554. The van der Waals surface area contributed by atoms with Gasteiger partial charge in [0.1, 0.15) is 11.5 Å². The van der Waals surface area contributed by atoms with Crippen molar-refractivity contribution >= 4 is 22.1 Å². The molecule has 0 bridgehead atoms. The first kappa shape index (κ1) is 23.3. The topological polar surface area (TPSA) is 136 Å². The Morgan fingerprint density at radius 2 is 2.00 bits per heavy atom. The molecule has 178 valence electrons. The second-order valence-corrected chi connectivity index (χ2v) is 9.40. The summed E-state index contributed by atoms with van der Waals surface area (Å²) in [6.07, 6.45) is 2.06. The van der Waals surface area contributed by atoms with Gasteiger partial charge in [-0.1, -0.05) is 0 Å². The second-order valence-electron chi connectivity index (χ2n) is 7.78. The molecule has 0 radical (unpaired) electrons. The van der Waals surface area contributed by atoms with Crippen molar-refractivity contribution in [1.82, 2.24) is 24.8 Å². The lowest BCUT2D eigenvalue weighted by Crippen LogP contribution is -2.50. The molecule has 0 spiro atoms. The predicted octanol–water partition coefficient (Wildman–Crippen LogP) is 2.93. The maximum atomic E-state index is 15.0. The summed E-state index contributed by atoms with van der Waals surface area (Å²) < 4.78 is 53.6. The monoisotopic (exact) mass is 488 g/mol. The van der Waals surface area contributed by atoms with E-state index in [1.807, 2.05) is 9.44 Å². The predicted molar refractivity (Wildman–Crippen MR) is 119 cm³/mol. The van der Waals surface area contributed by atoms with Crippen molar-refractivity contribution in [2.45, 2.75) is 25.9 Å². The van der Waals surface area contributed by atoms with Crippen LogP contribution in [-0.2, 0) is 22.3 Å². The molecular formula is C21H21FN6O5S. The zero-order chi connectivity index (χ0) is 24.5. The highest BCUT2D eigenvalue weighted by molar-refractivity contribution is 7.90. The first-order valence-electron chi connectivity index (χ1n) is 10.0. The number of benzene rings is 1. The van der Waals surface area contributed by atoms with Crippen LogP contribution >= 0.6 is 0 Å². The van der Waals surface area contributed by atoms with Gasteiger partial charge >= 0.3 is 6.09 Å². The number of fused-ring (bicyclic) bond motifs is 1. The molecule has 1 amide bonds. The number of anilines is 1. The summed E-state index contributed by atoms with van der Waals surface area (Å²) in [6, 6.07) is 9.69. The summed E-state index contributed by atoms with van der Waals surface area (Å²) in [4.78, 5) is 18.0. The molecule has 2 N–H and O–H groups in total. The number of ether oxygens (including phenoxy) is 2. The van der Waals surface area contributed by atoms with Crippen LogP contribution in [0.3, 0.4) is 0 Å². The Morgan fingerprint density at radius 3 is 2.71 bits per heavy atom. The van der Waals surface area contributed by atoms with Gasteiger partial charge in [-0.2, -0.15) is 13.5 Å². The Hall–Kier alpha value is -3.84. The fourth-order valence-electron chi connectivity index (χ4n) is 3.43. The third-order valence-electron chi connectivity index (χ3n) is 5.27. The van der Waals surface area contributed by atoms with Crippen LogP contribution in [0.25, 0.3) is 0 Å². The number of carbonyl (C=O) groups is 1. The Morgan fingerprint density at radius 1 is 1.21 bits per heavy atom. The lowest BCUT2D eigenvalue weighted by Gasteiger charge is -2.42. The molecule has 0 aliphatic carbocycles. The number of hydrogen-bond acceptors (Lipinski definition) is 8. The molecule has 34 heavy (non-hydrogen) atoms. The maximum absolute atomic E-state index is 15.0. The van der Waals surface area contributed by atoms with E-state index in [-0.39, 0.29) is 18.0 Å². The molecule has 4 rings (SSSR count). The summed E-state index contributed by atoms with van der Waals surface area (Å²) in [5.74, 6) is -0.406. The number of nitrogens with zero attached hydrogens (tertiary/aromatic N) is 4. The molecule has 1 aromatic carbocycles. The Labute approximate surface area is 195 Å². The van der Waals surface area contributed by atoms with Gasteiger partial charge in [0.2, 0.25) is 5.88 Å². The minimum atomic E-state index is -3.97. The van der Waals surface area contributed by atoms with Crippen molar-refractivity contribution in [2.75, 3.05) is 11.8 Å². The Kier molecular flexibility index (Phi) is 6.06. The average molecular weight is 489 g/mol. The van der Waals surface area contributed by atoms with Crippen LogP contribution in [0, 0.1) is 5.82 Å². The summed E-state index contributed by atoms with van der Waals surface area (Å²) in [5, 5.41) is 7.60. The van der Waals surface area contributed by atoms with Crippen molar-refractivity contribution in [1.29, 1.82) is 0 Å². The van der Waals surface area contributed by atoms with E-state index in [2.05, 4.69) is 15.2 Å². The van der Waals surface area contributed by atoms with Crippen LogP contribution in [-0.4, -0.2) is 41.6 Å². The van der Waals surface area contributed by atoms with Crippen LogP contribution in [0.4, 0.5) is 15.0 Å². The van der Waals surface area contributed by atoms with E-state index < -0.39 is 33.5 Å². The zero-order valence-electron chi connectivity index (χ0n) is 18.4. The number of pyridine rings is 1. The molecule has 0 saturated heterocycles.